The summed E-state index contributed by atoms with van der Waals surface area (Å²) in [4.78, 5) is 0. The second-order valence-electron chi connectivity index (χ2n) is 3.49. The second kappa shape index (κ2) is 4.73. The molecule has 80 valence electrons. The van der Waals surface area contributed by atoms with Crippen molar-refractivity contribution in [1.82, 2.24) is 9.03 Å². The van der Waals surface area contributed by atoms with Gasteiger partial charge in [-0.05, 0) is 19.8 Å². The topological polar surface area (TPSA) is 73.2 Å². The number of nitriles is 1. The first-order chi connectivity index (χ1) is 6.56. The summed E-state index contributed by atoms with van der Waals surface area (Å²) in [6.07, 6.45) is 1.85. The Morgan fingerprint density at radius 3 is 2.57 bits per heavy atom. The predicted octanol–water partition coefficient (Wildman–Crippen LogP) is 0.0763. The highest BCUT2D eigenvalue weighted by molar-refractivity contribution is 7.87. The molecule has 1 aliphatic rings. The number of nitrogens with one attached hydrogen (secondary N) is 1. The minimum atomic E-state index is -3.33. The summed E-state index contributed by atoms with van der Waals surface area (Å²) in [7, 11) is -3.33. The highest BCUT2D eigenvalue weighted by Gasteiger charge is 2.24. The van der Waals surface area contributed by atoms with E-state index in [4.69, 9.17) is 5.26 Å². The number of hydrogen-bond donors (Lipinski definition) is 1. The maximum atomic E-state index is 11.6. The zero-order chi connectivity index (χ0) is 10.6. The van der Waals surface area contributed by atoms with Gasteiger partial charge in [-0.2, -0.15) is 18.0 Å². The molecule has 0 bridgehead atoms. The van der Waals surface area contributed by atoms with Gasteiger partial charge < -0.3 is 0 Å². The number of rotatable bonds is 4. The standard InChI is InChI=1S/C8H15N3O2S/c1-8(6-9)7-10-14(12,13)11-4-2-3-5-11/h8,10H,2-5,7H2,1H3. The molecule has 1 rings (SSSR count). The molecule has 6 heteroatoms. The molecule has 1 N–H and O–H groups in total. The smallest absolute Gasteiger partial charge is 0.201 e. The van der Waals surface area contributed by atoms with Crippen LogP contribution in [-0.4, -0.2) is 32.4 Å². The molecule has 1 unspecified atom stereocenters. The normalized spacial score (nSPS) is 20.6. The van der Waals surface area contributed by atoms with E-state index in [-0.39, 0.29) is 12.5 Å². The zero-order valence-electron chi connectivity index (χ0n) is 8.23. The fourth-order valence-corrected chi connectivity index (χ4v) is 2.68. The largest absolute Gasteiger partial charge is 0.279 e. The molecule has 1 heterocycles. The van der Waals surface area contributed by atoms with Crippen molar-refractivity contribution in [2.45, 2.75) is 19.8 Å². The maximum absolute atomic E-state index is 11.6. The van der Waals surface area contributed by atoms with Gasteiger partial charge in [-0.15, -0.1) is 0 Å². The number of nitrogens with zero attached hydrogens (tertiary/aromatic N) is 2. The molecule has 0 saturated carbocycles. The van der Waals surface area contributed by atoms with E-state index in [1.165, 1.54) is 4.31 Å². The van der Waals surface area contributed by atoms with Crippen LogP contribution in [0.5, 0.6) is 0 Å². The summed E-state index contributed by atoms with van der Waals surface area (Å²) in [5.74, 6) is -0.285. The predicted molar refractivity (Wildman–Crippen MR) is 52.5 cm³/mol. The van der Waals surface area contributed by atoms with Gasteiger partial charge in [0.1, 0.15) is 0 Å². The van der Waals surface area contributed by atoms with Crippen molar-refractivity contribution in [2.75, 3.05) is 19.6 Å². The van der Waals surface area contributed by atoms with Crippen LogP contribution in [-0.2, 0) is 10.2 Å². The Morgan fingerprint density at radius 1 is 1.50 bits per heavy atom. The molecule has 0 radical (unpaired) electrons. The summed E-state index contributed by atoms with van der Waals surface area (Å²) in [5, 5.41) is 8.50. The van der Waals surface area contributed by atoms with Crippen molar-refractivity contribution in [3.63, 3.8) is 0 Å². The Morgan fingerprint density at radius 2 is 2.07 bits per heavy atom. The molecule has 1 aliphatic heterocycles. The first-order valence-electron chi connectivity index (χ1n) is 4.70. The fraction of sp³-hybridized carbons (Fsp3) is 0.875. The molecule has 0 aromatic rings. The van der Waals surface area contributed by atoms with Crippen molar-refractivity contribution >= 4 is 10.2 Å². The summed E-state index contributed by atoms with van der Waals surface area (Å²) in [6.45, 7) is 3.06. The van der Waals surface area contributed by atoms with Gasteiger partial charge in [0.25, 0.3) is 10.2 Å². The third kappa shape index (κ3) is 2.94. The van der Waals surface area contributed by atoms with Gasteiger partial charge in [0.15, 0.2) is 0 Å². The van der Waals surface area contributed by atoms with Crippen LogP contribution >= 0.6 is 0 Å². The van der Waals surface area contributed by atoms with E-state index in [1.54, 1.807) is 6.92 Å². The SMILES string of the molecule is CC(C#N)CNS(=O)(=O)N1CCCC1. The van der Waals surface area contributed by atoms with Crippen LogP contribution in [0, 0.1) is 17.2 Å². The van der Waals surface area contributed by atoms with Crippen molar-refractivity contribution < 1.29 is 8.42 Å². The molecular formula is C8H15N3O2S. The Hall–Kier alpha value is -0.640. The van der Waals surface area contributed by atoms with E-state index in [9.17, 15) is 8.42 Å². The van der Waals surface area contributed by atoms with E-state index >= 15 is 0 Å². The van der Waals surface area contributed by atoms with E-state index in [0.717, 1.165) is 12.8 Å². The molecular weight excluding hydrogens is 202 g/mol. The Labute approximate surface area is 84.9 Å². The zero-order valence-corrected chi connectivity index (χ0v) is 9.05. The van der Waals surface area contributed by atoms with Gasteiger partial charge >= 0.3 is 0 Å². The van der Waals surface area contributed by atoms with E-state index in [1.807, 2.05) is 6.07 Å². The third-order valence-corrected chi connectivity index (χ3v) is 3.77. The van der Waals surface area contributed by atoms with E-state index < -0.39 is 10.2 Å². The van der Waals surface area contributed by atoms with Gasteiger partial charge in [-0.25, -0.2) is 4.72 Å². The Balaban J connectivity index is 2.46. The van der Waals surface area contributed by atoms with E-state index in [0.29, 0.717) is 13.1 Å². The molecule has 14 heavy (non-hydrogen) atoms. The van der Waals surface area contributed by atoms with Gasteiger partial charge in [-0.3, -0.25) is 0 Å². The molecule has 0 aromatic carbocycles. The minimum Gasteiger partial charge on any atom is -0.201 e. The number of hydrogen-bond acceptors (Lipinski definition) is 3. The van der Waals surface area contributed by atoms with Crippen molar-refractivity contribution in [3.8, 4) is 6.07 Å². The highest BCUT2D eigenvalue weighted by Crippen LogP contribution is 2.11. The lowest BCUT2D eigenvalue weighted by molar-refractivity contribution is 0.461. The molecule has 1 saturated heterocycles. The molecule has 5 nitrogen and oxygen atoms in total. The maximum Gasteiger partial charge on any atom is 0.279 e. The highest BCUT2D eigenvalue weighted by atomic mass is 32.2. The van der Waals surface area contributed by atoms with Crippen LogP contribution < -0.4 is 4.72 Å². The monoisotopic (exact) mass is 217 g/mol. The lowest BCUT2D eigenvalue weighted by atomic mass is 10.2. The van der Waals surface area contributed by atoms with Crippen LogP contribution in [0.25, 0.3) is 0 Å². The first kappa shape index (κ1) is 11.4. The Kier molecular flexibility index (Phi) is 3.86. The summed E-state index contributed by atoms with van der Waals surface area (Å²) in [6, 6.07) is 1.98. The average Bonchev–Trinajstić information content (AvgIpc) is 2.67. The minimum absolute atomic E-state index is 0.190. The summed E-state index contributed by atoms with van der Waals surface area (Å²) < 4.78 is 27.0. The van der Waals surface area contributed by atoms with Crippen LogP contribution in [0.2, 0.25) is 0 Å². The third-order valence-electron chi connectivity index (χ3n) is 2.20. The molecule has 0 amide bonds. The lowest BCUT2D eigenvalue weighted by Gasteiger charge is -2.16. The van der Waals surface area contributed by atoms with Crippen molar-refractivity contribution in [2.24, 2.45) is 5.92 Å². The summed E-state index contributed by atoms with van der Waals surface area (Å²) >= 11 is 0. The van der Waals surface area contributed by atoms with Crippen LogP contribution in [0.3, 0.4) is 0 Å². The second-order valence-corrected chi connectivity index (χ2v) is 5.25. The van der Waals surface area contributed by atoms with Crippen LogP contribution in [0.1, 0.15) is 19.8 Å². The summed E-state index contributed by atoms with van der Waals surface area (Å²) in [5.41, 5.74) is 0. The van der Waals surface area contributed by atoms with Gasteiger partial charge in [-0.1, -0.05) is 0 Å². The molecule has 1 atom stereocenters. The van der Waals surface area contributed by atoms with Crippen molar-refractivity contribution in [1.29, 1.82) is 5.26 Å². The molecule has 1 fully saturated rings. The Bertz CT molecular complexity index is 314. The average molecular weight is 217 g/mol. The molecule has 0 aromatic heterocycles. The van der Waals surface area contributed by atoms with Crippen molar-refractivity contribution in [3.05, 3.63) is 0 Å². The fourth-order valence-electron chi connectivity index (χ4n) is 1.30. The lowest BCUT2D eigenvalue weighted by Crippen LogP contribution is -2.40. The van der Waals surface area contributed by atoms with Gasteiger partial charge in [0, 0.05) is 19.6 Å². The van der Waals surface area contributed by atoms with E-state index in [2.05, 4.69) is 4.72 Å². The van der Waals surface area contributed by atoms with Gasteiger partial charge in [0.2, 0.25) is 0 Å². The van der Waals surface area contributed by atoms with Gasteiger partial charge in [0.05, 0.1) is 12.0 Å². The first-order valence-corrected chi connectivity index (χ1v) is 6.14. The quantitative estimate of drug-likeness (QED) is 0.724. The van der Waals surface area contributed by atoms with Crippen LogP contribution in [0.15, 0.2) is 0 Å². The molecule has 0 aliphatic carbocycles. The van der Waals surface area contributed by atoms with Crippen LogP contribution in [0.4, 0.5) is 0 Å². The molecule has 0 spiro atoms.